The van der Waals surface area contributed by atoms with E-state index in [4.69, 9.17) is 5.11 Å². The van der Waals surface area contributed by atoms with Gasteiger partial charge in [-0.25, -0.2) is 0 Å². The molecule has 0 saturated heterocycles. The van der Waals surface area contributed by atoms with E-state index in [-0.39, 0.29) is 6.42 Å². The molecule has 0 fully saturated rings. The van der Waals surface area contributed by atoms with Crippen molar-refractivity contribution in [2.75, 3.05) is 4.90 Å². The predicted octanol–water partition coefficient (Wildman–Crippen LogP) is 2.69. The average molecular weight is 233 g/mol. The summed E-state index contributed by atoms with van der Waals surface area (Å²) in [4.78, 5) is 13.0. The number of para-hydroxylation sites is 1. The second-order valence-electron chi connectivity index (χ2n) is 4.92. The van der Waals surface area contributed by atoms with Crippen molar-refractivity contribution in [2.45, 2.75) is 45.2 Å². The summed E-state index contributed by atoms with van der Waals surface area (Å²) in [7, 11) is 0. The highest BCUT2D eigenvalue weighted by Crippen LogP contribution is 2.35. The van der Waals surface area contributed by atoms with Gasteiger partial charge < -0.3 is 10.0 Å². The number of anilines is 1. The van der Waals surface area contributed by atoms with Gasteiger partial charge in [-0.05, 0) is 38.3 Å². The summed E-state index contributed by atoms with van der Waals surface area (Å²) >= 11 is 0. The summed E-state index contributed by atoms with van der Waals surface area (Å²) in [6.45, 7) is 4.33. The summed E-state index contributed by atoms with van der Waals surface area (Å²) in [6.07, 6.45) is 1.95. The topological polar surface area (TPSA) is 40.5 Å². The fraction of sp³-hybridized carbons (Fsp3) is 0.500. The van der Waals surface area contributed by atoms with E-state index in [0.29, 0.717) is 12.1 Å². The number of carboxylic acids is 1. The second-order valence-corrected chi connectivity index (χ2v) is 4.92. The molecule has 1 unspecified atom stereocenters. The molecule has 0 bridgehead atoms. The maximum absolute atomic E-state index is 10.7. The Bertz CT molecular complexity index is 414. The van der Waals surface area contributed by atoms with Gasteiger partial charge in [0.05, 0.1) is 0 Å². The van der Waals surface area contributed by atoms with Crippen LogP contribution < -0.4 is 4.90 Å². The van der Waals surface area contributed by atoms with Crippen LogP contribution in [0.4, 0.5) is 5.69 Å². The normalized spacial score (nSPS) is 18.5. The van der Waals surface area contributed by atoms with Gasteiger partial charge in [-0.3, -0.25) is 4.79 Å². The fourth-order valence-corrected chi connectivity index (χ4v) is 2.72. The fourth-order valence-electron chi connectivity index (χ4n) is 2.72. The molecule has 1 aliphatic heterocycles. The molecule has 3 nitrogen and oxygen atoms in total. The molecule has 1 aromatic rings. The number of carbonyl (C=O) groups is 1. The minimum Gasteiger partial charge on any atom is -0.481 e. The van der Waals surface area contributed by atoms with Crippen molar-refractivity contribution < 1.29 is 9.90 Å². The third kappa shape index (κ3) is 2.43. The van der Waals surface area contributed by atoms with Gasteiger partial charge in [-0.2, -0.15) is 0 Å². The maximum Gasteiger partial charge on any atom is 0.303 e. The van der Waals surface area contributed by atoms with E-state index in [1.54, 1.807) is 0 Å². The van der Waals surface area contributed by atoms with E-state index < -0.39 is 5.97 Å². The van der Waals surface area contributed by atoms with Crippen LogP contribution in [0.2, 0.25) is 0 Å². The highest BCUT2D eigenvalue weighted by molar-refractivity contribution is 5.67. The van der Waals surface area contributed by atoms with Crippen molar-refractivity contribution in [1.82, 2.24) is 0 Å². The summed E-state index contributed by atoms with van der Waals surface area (Å²) in [5, 5.41) is 8.80. The predicted molar refractivity (Wildman–Crippen MR) is 68.4 cm³/mol. The Morgan fingerprint density at radius 2 is 2.18 bits per heavy atom. The molecule has 1 N–H and O–H groups in total. The van der Waals surface area contributed by atoms with Crippen molar-refractivity contribution in [1.29, 1.82) is 0 Å². The van der Waals surface area contributed by atoms with Crippen molar-refractivity contribution >= 4 is 11.7 Å². The summed E-state index contributed by atoms with van der Waals surface area (Å²) < 4.78 is 0. The number of aliphatic carboxylic acids is 1. The summed E-state index contributed by atoms with van der Waals surface area (Å²) in [6, 6.07) is 9.13. The molecule has 1 heterocycles. The van der Waals surface area contributed by atoms with Crippen LogP contribution in [-0.2, 0) is 11.2 Å². The lowest BCUT2D eigenvalue weighted by atomic mass is 10.1. The second kappa shape index (κ2) is 4.78. The summed E-state index contributed by atoms with van der Waals surface area (Å²) in [5.41, 5.74) is 2.62. The first-order valence-electron chi connectivity index (χ1n) is 6.17. The number of nitrogens with zero attached hydrogens (tertiary/aromatic N) is 1. The highest BCUT2D eigenvalue weighted by atomic mass is 16.4. The van der Waals surface area contributed by atoms with Crippen molar-refractivity contribution in [3.05, 3.63) is 29.8 Å². The molecule has 17 heavy (non-hydrogen) atoms. The van der Waals surface area contributed by atoms with E-state index in [1.807, 2.05) is 6.07 Å². The molecule has 3 heteroatoms. The maximum atomic E-state index is 10.7. The molecule has 1 aromatic carbocycles. The molecular formula is C14H19NO2. The van der Waals surface area contributed by atoms with Crippen LogP contribution in [0.1, 0.15) is 32.3 Å². The molecule has 0 saturated carbocycles. The average Bonchev–Trinajstić information content (AvgIpc) is 2.64. The van der Waals surface area contributed by atoms with Gasteiger partial charge in [-0.1, -0.05) is 18.2 Å². The number of carboxylic acid groups (broad SMARTS) is 1. The molecule has 92 valence electrons. The lowest BCUT2D eigenvalue weighted by Crippen LogP contribution is -2.38. The molecular weight excluding hydrogens is 214 g/mol. The van der Waals surface area contributed by atoms with Crippen LogP contribution in [0.5, 0.6) is 0 Å². The van der Waals surface area contributed by atoms with E-state index in [9.17, 15) is 4.79 Å². The first-order chi connectivity index (χ1) is 8.09. The minimum atomic E-state index is -0.704. The number of hydrogen-bond donors (Lipinski definition) is 1. The van der Waals surface area contributed by atoms with E-state index in [2.05, 4.69) is 36.9 Å². The highest BCUT2D eigenvalue weighted by Gasteiger charge is 2.30. The van der Waals surface area contributed by atoms with Gasteiger partial charge in [0, 0.05) is 24.2 Å². The van der Waals surface area contributed by atoms with Gasteiger partial charge in [0.15, 0.2) is 0 Å². The first-order valence-corrected chi connectivity index (χ1v) is 6.17. The van der Waals surface area contributed by atoms with Crippen LogP contribution in [0, 0.1) is 0 Å². The Morgan fingerprint density at radius 3 is 2.82 bits per heavy atom. The zero-order chi connectivity index (χ0) is 12.4. The largest absolute Gasteiger partial charge is 0.481 e. The Morgan fingerprint density at radius 1 is 1.47 bits per heavy atom. The van der Waals surface area contributed by atoms with Crippen LogP contribution >= 0.6 is 0 Å². The van der Waals surface area contributed by atoms with Gasteiger partial charge >= 0.3 is 5.97 Å². The lowest BCUT2D eigenvalue weighted by Gasteiger charge is -2.31. The zero-order valence-corrected chi connectivity index (χ0v) is 10.4. The van der Waals surface area contributed by atoms with Crippen molar-refractivity contribution in [2.24, 2.45) is 0 Å². The number of hydrogen-bond acceptors (Lipinski definition) is 2. The number of fused-ring (bicyclic) bond motifs is 1. The van der Waals surface area contributed by atoms with Gasteiger partial charge in [0.25, 0.3) is 0 Å². The van der Waals surface area contributed by atoms with Gasteiger partial charge in [0.1, 0.15) is 0 Å². The Balaban J connectivity index is 2.18. The Hall–Kier alpha value is -1.51. The van der Waals surface area contributed by atoms with Crippen molar-refractivity contribution in [3.8, 4) is 0 Å². The molecule has 0 aromatic heterocycles. The lowest BCUT2D eigenvalue weighted by molar-refractivity contribution is -0.137. The Kier molecular flexibility index (Phi) is 3.36. The van der Waals surface area contributed by atoms with Gasteiger partial charge in [0.2, 0.25) is 0 Å². The summed E-state index contributed by atoms with van der Waals surface area (Å²) in [5.74, 6) is -0.704. The van der Waals surface area contributed by atoms with E-state index in [0.717, 1.165) is 12.8 Å². The minimum absolute atomic E-state index is 0.252. The third-order valence-electron chi connectivity index (χ3n) is 3.37. The SMILES string of the molecule is CC(C)N1c2ccccc2CC1CCC(=O)O. The molecule has 1 aliphatic rings. The molecule has 0 aliphatic carbocycles. The third-order valence-corrected chi connectivity index (χ3v) is 3.37. The number of benzene rings is 1. The molecule has 0 radical (unpaired) electrons. The molecule has 1 atom stereocenters. The smallest absolute Gasteiger partial charge is 0.303 e. The molecule has 2 rings (SSSR count). The quantitative estimate of drug-likeness (QED) is 0.869. The van der Waals surface area contributed by atoms with E-state index >= 15 is 0 Å². The Labute approximate surface area is 102 Å². The van der Waals surface area contributed by atoms with Crippen LogP contribution in [0.3, 0.4) is 0 Å². The van der Waals surface area contributed by atoms with Crippen molar-refractivity contribution in [3.63, 3.8) is 0 Å². The van der Waals surface area contributed by atoms with Crippen LogP contribution in [-0.4, -0.2) is 23.2 Å². The standard InChI is InChI=1S/C14H19NO2/c1-10(2)15-12(7-8-14(16)17)9-11-5-3-4-6-13(11)15/h3-6,10,12H,7-9H2,1-2H3,(H,16,17). The van der Waals surface area contributed by atoms with E-state index in [1.165, 1.54) is 11.3 Å². The first kappa shape index (κ1) is 12.0. The molecule has 0 spiro atoms. The van der Waals surface area contributed by atoms with Crippen LogP contribution in [0.15, 0.2) is 24.3 Å². The van der Waals surface area contributed by atoms with Gasteiger partial charge in [-0.15, -0.1) is 0 Å². The number of rotatable bonds is 4. The molecule has 0 amide bonds. The van der Waals surface area contributed by atoms with Crippen LogP contribution in [0.25, 0.3) is 0 Å². The monoisotopic (exact) mass is 233 g/mol. The zero-order valence-electron chi connectivity index (χ0n) is 10.4.